The van der Waals surface area contributed by atoms with Crippen molar-refractivity contribution in [1.82, 2.24) is 10.2 Å². The zero-order chi connectivity index (χ0) is 15.0. The van der Waals surface area contributed by atoms with Crippen LogP contribution in [0.5, 0.6) is 0 Å². The minimum atomic E-state index is -0.252. The molecule has 0 radical (unpaired) electrons. The second-order valence-corrected chi connectivity index (χ2v) is 4.58. The van der Waals surface area contributed by atoms with Crippen molar-refractivity contribution in [1.29, 1.82) is 0 Å². The Morgan fingerprint density at radius 1 is 1.24 bits per heavy atom. The van der Waals surface area contributed by atoms with E-state index in [1.807, 2.05) is 0 Å². The third kappa shape index (κ3) is 6.49. The SMILES string of the molecule is CN=C(NCCC(=O)OC)N1CCC(C(=O)OC)CC1.I. The number of nitrogens with zero attached hydrogens (tertiary/aromatic N) is 2. The maximum Gasteiger partial charge on any atom is 0.308 e. The van der Waals surface area contributed by atoms with Crippen molar-refractivity contribution in [3.63, 3.8) is 0 Å². The number of esters is 2. The second kappa shape index (κ2) is 10.6. The standard InChI is InChI=1S/C13H23N3O4.HI/c1-14-13(15-7-4-11(17)19-2)16-8-5-10(6-9-16)12(18)20-3;/h10H,4-9H2,1-3H3,(H,14,15);1H. The van der Waals surface area contributed by atoms with Gasteiger partial charge in [0.05, 0.1) is 26.6 Å². The summed E-state index contributed by atoms with van der Waals surface area (Å²) in [5, 5.41) is 3.12. The molecule has 1 aliphatic heterocycles. The van der Waals surface area contributed by atoms with Crippen molar-refractivity contribution < 1.29 is 19.1 Å². The van der Waals surface area contributed by atoms with Crippen LogP contribution in [0.1, 0.15) is 19.3 Å². The van der Waals surface area contributed by atoms with E-state index in [0.717, 1.165) is 31.9 Å². The largest absolute Gasteiger partial charge is 0.469 e. The summed E-state index contributed by atoms with van der Waals surface area (Å²) in [6, 6.07) is 0. The zero-order valence-electron chi connectivity index (χ0n) is 12.8. The van der Waals surface area contributed by atoms with Gasteiger partial charge in [0.1, 0.15) is 0 Å². The van der Waals surface area contributed by atoms with Gasteiger partial charge in [-0.15, -0.1) is 24.0 Å². The monoisotopic (exact) mass is 413 g/mol. The molecule has 1 heterocycles. The van der Waals surface area contributed by atoms with Gasteiger partial charge in [0.2, 0.25) is 0 Å². The molecule has 1 aliphatic rings. The molecule has 0 saturated carbocycles. The lowest BCUT2D eigenvalue weighted by Crippen LogP contribution is -2.47. The molecule has 0 bridgehead atoms. The first kappa shape index (κ1) is 19.9. The van der Waals surface area contributed by atoms with Crippen LogP contribution < -0.4 is 5.32 Å². The number of carbonyl (C=O) groups excluding carboxylic acids is 2. The van der Waals surface area contributed by atoms with E-state index in [9.17, 15) is 9.59 Å². The molecule has 21 heavy (non-hydrogen) atoms. The fraction of sp³-hybridized carbons (Fsp3) is 0.769. The molecule has 122 valence electrons. The van der Waals surface area contributed by atoms with Gasteiger partial charge in [0.15, 0.2) is 5.96 Å². The van der Waals surface area contributed by atoms with Crippen LogP contribution in [-0.2, 0) is 19.1 Å². The highest BCUT2D eigenvalue weighted by molar-refractivity contribution is 14.0. The number of hydrogen-bond donors (Lipinski definition) is 1. The number of aliphatic imine (C=N–C) groups is 1. The van der Waals surface area contributed by atoms with Gasteiger partial charge in [0, 0.05) is 26.7 Å². The molecule has 0 aromatic carbocycles. The van der Waals surface area contributed by atoms with Gasteiger partial charge >= 0.3 is 11.9 Å². The van der Waals surface area contributed by atoms with Gasteiger partial charge in [-0.05, 0) is 12.8 Å². The summed E-state index contributed by atoms with van der Waals surface area (Å²) in [5.74, 6) is 0.331. The highest BCUT2D eigenvalue weighted by Crippen LogP contribution is 2.18. The summed E-state index contributed by atoms with van der Waals surface area (Å²) in [6.07, 6.45) is 1.81. The number of rotatable bonds is 4. The average Bonchev–Trinajstić information content (AvgIpc) is 2.50. The lowest BCUT2D eigenvalue weighted by atomic mass is 9.97. The highest BCUT2D eigenvalue weighted by atomic mass is 127. The summed E-state index contributed by atoms with van der Waals surface area (Å²) in [7, 11) is 4.49. The third-order valence-electron chi connectivity index (χ3n) is 3.38. The molecule has 0 spiro atoms. The smallest absolute Gasteiger partial charge is 0.308 e. The predicted molar refractivity (Wildman–Crippen MR) is 89.7 cm³/mol. The molecule has 7 nitrogen and oxygen atoms in total. The lowest BCUT2D eigenvalue weighted by molar-refractivity contribution is -0.146. The van der Waals surface area contributed by atoms with E-state index in [2.05, 4.69) is 19.9 Å². The number of piperidine rings is 1. The first-order valence-corrected chi connectivity index (χ1v) is 6.72. The Kier molecular flexibility index (Phi) is 10.1. The van der Waals surface area contributed by atoms with Crippen LogP contribution in [0, 0.1) is 5.92 Å². The van der Waals surface area contributed by atoms with E-state index in [0.29, 0.717) is 13.0 Å². The highest BCUT2D eigenvalue weighted by Gasteiger charge is 2.26. The van der Waals surface area contributed by atoms with Crippen LogP contribution in [0.2, 0.25) is 0 Å². The number of methoxy groups -OCH3 is 2. The maximum atomic E-state index is 11.5. The van der Waals surface area contributed by atoms with Crippen LogP contribution >= 0.6 is 24.0 Å². The Balaban J connectivity index is 0.00000400. The van der Waals surface area contributed by atoms with Crippen LogP contribution in [0.3, 0.4) is 0 Å². The lowest BCUT2D eigenvalue weighted by Gasteiger charge is -2.33. The molecule has 8 heteroatoms. The van der Waals surface area contributed by atoms with Crippen LogP contribution in [0.25, 0.3) is 0 Å². The Morgan fingerprint density at radius 2 is 1.86 bits per heavy atom. The van der Waals surface area contributed by atoms with Crippen LogP contribution in [0.4, 0.5) is 0 Å². The van der Waals surface area contributed by atoms with Gasteiger partial charge in [-0.2, -0.15) is 0 Å². The first-order chi connectivity index (χ1) is 9.62. The zero-order valence-corrected chi connectivity index (χ0v) is 15.1. The number of ether oxygens (including phenoxy) is 2. The molecule has 1 fully saturated rings. The molecule has 1 rings (SSSR count). The number of halogens is 1. The average molecular weight is 413 g/mol. The van der Waals surface area contributed by atoms with Gasteiger partial charge in [-0.3, -0.25) is 14.6 Å². The minimum absolute atomic E-state index is 0. The molecule has 0 amide bonds. The van der Waals surface area contributed by atoms with E-state index in [1.54, 1.807) is 7.05 Å². The molecule has 0 unspecified atom stereocenters. The maximum absolute atomic E-state index is 11.5. The molecule has 0 atom stereocenters. The van der Waals surface area contributed by atoms with E-state index in [1.165, 1.54) is 14.2 Å². The third-order valence-corrected chi connectivity index (χ3v) is 3.38. The molecule has 1 saturated heterocycles. The molecular formula is C13H24IN3O4. The van der Waals surface area contributed by atoms with Crippen molar-refractivity contribution in [3.05, 3.63) is 0 Å². The number of carbonyl (C=O) groups is 2. The molecule has 1 N–H and O–H groups in total. The Bertz CT molecular complexity index is 368. The van der Waals surface area contributed by atoms with Crippen LogP contribution in [0.15, 0.2) is 4.99 Å². The summed E-state index contributed by atoms with van der Waals surface area (Å²) in [5.41, 5.74) is 0. The number of guanidine groups is 1. The summed E-state index contributed by atoms with van der Waals surface area (Å²) >= 11 is 0. The Labute approximate surface area is 142 Å². The fourth-order valence-electron chi connectivity index (χ4n) is 2.20. The van der Waals surface area contributed by atoms with Gasteiger partial charge in [-0.25, -0.2) is 0 Å². The van der Waals surface area contributed by atoms with Gasteiger partial charge < -0.3 is 19.7 Å². The van der Waals surface area contributed by atoms with Crippen LogP contribution in [-0.4, -0.2) is 63.7 Å². The molecule has 0 aliphatic carbocycles. The van der Waals surface area contributed by atoms with Crippen molar-refractivity contribution in [3.8, 4) is 0 Å². The van der Waals surface area contributed by atoms with Crippen molar-refractivity contribution in [2.75, 3.05) is 40.9 Å². The fourth-order valence-corrected chi connectivity index (χ4v) is 2.20. The van der Waals surface area contributed by atoms with Crippen molar-refractivity contribution >= 4 is 41.9 Å². The summed E-state index contributed by atoms with van der Waals surface area (Å²) in [4.78, 5) is 28.8. The number of nitrogens with one attached hydrogen (secondary N) is 1. The molecule has 0 aromatic rings. The topological polar surface area (TPSA) is 80.2 Å². The van der Waals surface area contributed by atoms with E-state index in [4.69, 9.17) is 4.74 Å². The Hall–Kier alpha value is -1.06. The normalized spacial score (nSPS) is 16.0. The molecule has 0 aromatic heterocycles. The summed E-state index contributed by atoms with van der Waals surface area (Å²) < 4.78 is 9.34. The number of hydrogen-bond acceptors (Lipinski definition) is 5. The van der Waals surface area contributed by atoms with Gasteiger partial charge in [0.25, 0.3) is 0 Å². The predicted octanol–water partition coefficient (Wildman–Crippen LogP) is 0.628. The number of likely N-dealkylation sites (tertiary alicyclic amines) is 1. The summed E-state index contributed by atoms with van der Waals surface area (Å²) in [6.45, 7) is 1.98. The minimum Gasteiger partial charge on any atom is -0.469 e. The van der Waals surface area contributed by atoms with Crippen molar-refractivity contribution in [2.24, 2.45) is 10.9 Å². The van der Waals surface area contributed by atoms with Gasteiger partial charge in [-0.1, -0.05) is 0 Å². The van der Waals surface area contributed by atoms with E-state index in [-0.39, 0.29) is 41.8 Å². The quantitative estimate of drug-likeness (QED) is 0.315. The van der Waals surface area contributed by atoms with E-state index >= 15 is 0 Å². The second-order valence-electron chi connectivity index (χ2n) is 4.58. The molecular weight excluding hydrogens is 389 g/mol. The Morgan fingerprint density at radius 3 is 2.33 bits per heavy atom. The van der Waals surface area contributed by atoms with E-state index < -0.39 is 0 Å². The van der Waals surface area contributed by atoms with Crippen molar-refractivity contribution in [2.45, 2.75) is 19.3 Å². The first-order valence-electron chi connectivity index (χ1n) is 6.72.